The van der Waals surface area contributed by atoms with Crippen molar-refractivity contribution in [3.8, 4) is 5.75 Å². The molecule has 0 radical (unpaired) electrons. The van der Waals surface area contributed by atoms with Gasteiger partial charge in [-0.1, -0.05) is 0 Å². The molecule has 0 spiro atoms. The SMILES string of the molecule is CNc1ccc(OCc2cncn2C)cc1. The summed E-state index contributed by atoms with van der Waals surface area (Å²) in [6, 6.07) is 7.86. The van der Waals surface area contributed by atoms with Gasteiger partial charge in [0.15, 0.2) is 0 Å². The zero-order valence-electron chi connectivity index (χ0n) is 9.47. The Morgan fingerprint density at radius 1 is 1.31 bits per heavy atom. The van der Waals surface area contributed by atoms with Crippen LogP contribution in [0.15, 0.2) is 36.8 Å². The molecule has 84 valence electrons. The standard InChI is InChI=1S/C12H15N3O/c1-13-10-3-5-12(6-4-10)16-8-11-7-14-9-15(11)2/h3-7,9,13H,8H2,1-2H3. The molecule has 2 aromatic rings. The number of aromatic nitrogens is 2. The third-order valence-corrected chi connectivity index (χ3v) is 2.45. The number of nitrogens with one attached hydrogen (secondary N) is 1. The van der Waals surface area contributed by atoms with Crippen LogP contribution in [0.5, 0.6) is 5.75 Å². The van der Waals surface area contributed by atoms with Crippen LogP contribution in [-0.2, 0) is 13.7 Å². The lowest BCUT2D eigenvalue weighted by Crippen LogP contribution is -2.01. The molecule has 0 amide bonds. The second-order valence-corrected chi connectivity index (χ2v) is 3.56. The molecule has 4 heteroatoms. The lowest BCUT2D eigenvalue weighted by Gasteiger charge is -2.07. The topological polar surface area (TPSA) is 39.1 Å². The van der Waals surface area contributed by atoms with Crippen LogP contribution in [0.3, 0.4) is 0 Å². The van der Waals surface area contributed by atoms with Crippen molar-refractivity contribution in [2.75, 3.05) is 12.4 Å². The fourth-order valence-corrected chi connectivity index (χ4v) is 1.40. The highest BCUT2D eigenvalue weighted by Gasteiger charge is 1.99. The maximum Gasteiger partial charge on any atom is 0.130 e. The number of hydrogen-bond donors (Lipinski definition) is 1. The van der Waals surface area contributed by atoms with Crippen LogP contribution in [0.25, 0.3) is 0 Å². The van der Waals surface area contributed by atoms with Crippen molar-refractivity contribution in [1.82, 2.24) is 9.55 Å². The third-order valence-electron chi connectivity index (χ3n) is 2.45. The normalized spacial score (nSPS) is 10.1. The molecular formula is C12H15N3O. The maximum atomic E-state index is 5.64. The van der Waals surface area contributed by atoms with E-state index in [1.165, 1.54) is 0 Å². The number of hydrogen-bond acceptors (Lipinski definition) is 3. The first-order chi connectivity index (χ1) is 7.79. The third kappa shape index (κ3) is 2.34. The zero-order chi connectivity index (χ0) is 11.4. The minimum Gasteiger partial charge on any atom is -0.487 e. The van der Waals surface area contributed by atoms with Gasteiger partial charge >= 0.3 is 0 Å². The molecule has 0 fully saturated rings. The van der Waals surface area contributed by atoms with E-state index in [0.29, 0.717) is 6.61 Å². The second-order valence-electron chi connectivity index (χ2n) is 3.56. The number of imidazole rings is 1. The fourth-order valence-electron chi connectivity index (χ4n) is 1.40. The summed E-state index contributed by atoms with van der Waals surface area (Å²) in [5, 5.41) is 3.06. The van der Waals surface area contributed by atoms with Crippen molar-refractivity contribution in [2.45, 2.75) is 6.61 Å². The van der Waals surface area contributed by atoms with Gasteiger partial charge in [-0.2, -0.15) is 0 Å². The predicted molar refractivity (Wildman–Crippen MR) is 63.5 cm³/mol. The molecule has 0 bridgehead atoms. The Kier molecular flexibility index (Phi) is 3.10. The first-order valence-electron chi connectivity index (χ1n) is 5.15. The van der Waals surface area contributed by atoms with E-state index in [-0.39, 0.29) is 0 Å². The van der Waals surface area contributed by atoms with Crippen molar-refractivity contribution in [2.24, 2.45) is 7.05 Å². The van der Waals surface area contributed by atoms with Crippen molar-refractivity contribution in [1.29, 1.82) is 0 Å². The Hall–Kier alpha value is -1.97. The van der Waals surface area contributed by atoms with E-state index in [1.807, 2.05) is 49.1 Å². The molecule has 4 nitrogen and oxygen atoms in total. The number of anilines is 1. The highest BCUT2D eigenvalue weighted by Crippen LogP contribution is 2.16. The first-order valence-corrected chi connectivity index (χ1v) is 5.15. The van der Waals surface area contributed by atoms with Gasteiger partial charge in [-0.25, -0.2) is 4.98 Å². The molecule has 2 rings (SSSR count). The summed E-state index contributed by atoms with van der Waals surface area (Å²) in [5.41, 5.74) is 2.13. The molecule has 16 heavy (non-hydrogen) atoms. The minimum absolute atomic E-state index is 0.537. The highest BCUT2D eigenvalue weighted by molar-refractivity contribution is 5.45. The van der Waals surface area contributed by atoms with Crippen LogP contribution in [0.4, 0.5) is 5.69 Å². The summed E-state index contributed by atoms with van der Waals surface area (Å²) in [4.78, 5) is 4.03. The first kappa shape index (κ1) is 10.5. The van der Waals surface area contributed by atoms with E-state index in [9.17, 15) is 0 Å². The molecule has 0 aliphatic carbocycles. The zero-order valence-corrected chi connectivity index (χ0v) is 9.47. The molecule has 0 aliphatic rings. The van der Waals surface area contributed by atoms with Crippen LogP contribution in [0.2, 0.25) is 0 Å². The van der Waals surface area contributed by atoms with Gasteiger partial charge in [-0.05, 0) is 24.3 Å². The number of nitrogens with zero attached hydrogens (tertiary/aromatic N) is 2. The second kappa shape index (κ2) is 4.70. The molecule has 1 heterocycles. The van der Waals surface area contributed by atoms with E-state index in [1.54, 1.807) is 6.33 Å². The van der Waals surface area contributed by atoms with Crippen LogP contribution in [0.1, 0.15) is 5.69 Å². The Balaban J connectivity index is 1.97. The summed E-state index contributed by atoms with van der Waals surface area (Å²) in [6.45, 7) is 0.537. The van der Waals surface area contributed by atoms with E-state index >= 15 is 0 Å². The molecule has 0 unspecified atom stereocenters. The van der Waals surface area contributed by atoms with Crippen molar-refractivity contribution in [3.63, 3.8) is 0 Å². The Labute approximate surface area is 94.9 Å². The summed E-state index contributed by atoms with van der Waals surface area (Å²) in [5.74, 6) is 0.861. The predicted octanol–water partition coefficient (Wildman–Crippen LogP) is 2.04. The summed E-state index contributed by atoms with van der Waals surface area (Å²) in [6.07, 6.45) is 3.57. The highest BCUT2D eigenvalue weighted by atomic mass is 16.5. The largest absolute Gasteiger partial charge is 0.487 e. The van der Waals surface area contributed by atoms with Gasteiger partial charge in [-0.3, -0.25) is 0 Å². The molecule has 0 atom stereocenters. The van der Waals surface area contributed by atoms with Crippen LogP contribution in [-0.4, -0.2) is 16.6 Å². The van der Waals surface area contributed by atoms with Crippen molar-refractivity contribution in [3.05, 3.63) is 42.5 Å². The Bertz CT molecular complexity index is 448. The van der Waals surface area contributed by atoms with Crippen LogP contribution in [0, 0.1) is 0 Å². The molecular weight excluding hydrogens is 202 g/mol. The van der Waals surface area contributed by atoms with Gasteiger partial charge in [0.2, 0.25) is 0 Å². The quantitative estimate of drug-likeness (QED) is 0.851. The molecule has 0 saturated heterocycles. The Morgan fingerprint density at radius 2 is 2.06 bits per heavy atom. The number of benzene rings is 1. The van der Waals surface area contributed by atoms with Gasteiger partial charge in [0.05, 0.1) is 18.2 Å². The van der Waals surface area contributed by atoms with Crippen LogP contribution >= 0.6 is 0 Å². The van der Waals surface area contributed by atoms with E-state index in [0.717, 1.165) is 17.1 Å². The Morgan fingerprint density at radius 3 is 2.62 bits per heavy atom. The van der Waals surface area contributed by atoms with E-state index in [2.05, 4.69) is 10.3 Å². The van der Waals surface area contributed by atoms with Crippen LogP contribution < -0.4 is 10.1 Å². The number of aryl methyl sites for hydroxylation is 1. The molecule has 1 N–H and O–H groups in total. The smallest absolute Gasteiger partial charge is 0.130 e. The summed E-state index contributed by atoms with van der Waals surface area (Å²) < 4.78 is 7.59. The van der Waals surface area contributed by atoms with Gasteiger partial charge in [0, 0.05) is 19.8 Å². The lowest BCUT2D eigenvalue weighted by atomic mass is 10.3. The summed E-state index contributed by atoms with van der Waals surface area (Å²) >= 11 is 0. The average molecular weight is 217 g/mol. The summed E-state index contributed by atoms with van der Waals surface area (Å²) in [7, 11) is 3.85. The lowest BCUT2D eigenvalue weighted by molar-refractivity contribution is 0.297. The minimum atomic E-state index is 0.537. The molecule has 0 aliphatic heterocycles. The molecule has 1 aromatic heterocycles. The van der Waals surface area contributed by atoms with E-state index in [4.69, 9.17) is 4.74 Å². The average Bonchev–Trinajstić information content (AvgIpc) is 2.73. The molecule has 0 saturated carbocycles. The van der Waals surface area contributed by atoms with Gasteiger partial charge in [0.25, 0.3) is 0 Å². The monoisotopic (exact) mass is 217 g/mol. The number of rotatable bonds is 4. The van der Waals surface area contributed by atoms with E-state index < -0.39 is 0 Å². The van der Waals surface area contributed by atoms with Crippen molar-refractivity contribution >= 4 is 5.69 Å². The van der Waals surface area contributed by atoms with Crippen molar-refractivity contribution < 1.29 is 4.74 Å². The number of ether oxygens (including phenoxy) is 1. The maximum absolute atomic E-state index is 5.64. The van der Waals surface area contributed by atoms with Gasteiger partial charge in [0.1, 0.15) is 12.4 Å². The van der Waals surface area contributed by atoms with Gasteiger partial charge in [-0.15, -0.1) is 0 Å². The fraction of sp³-hybridized carbons (Fsp3) is 0.250. The molecule has 1 aromatic carbocycles. The van der Waals surface area contributed by atoms with Gasteiger partial charge < -0.3 is 14.6 Å².